The summed E-state index contributed by atoms with van der Waals surface area (Å²) in [7, 11) is 1.56. The number of hydrogen-bond donors (Lipinski definition) is 2. The Morgan fingerprint density at radius 1 is 1.61 bits per heavy atom. The van der Waals surface area contributed by atoms with Crippen LogP contribution in [0.5, 0.6) is 0 Å². The molecule has 0 saturated carbocycles. The third kappa shape index (κ3) is 2.38. The van der Waals surface area contributed by atoms with Gasteiger partial charge in [0.2, 0.25) is 5.91 Å². The molecule has 1 aromatic carbocycles. The Morgan fingerprint density at radius 3 is 3.11 bits per heavy atom. The number of rotatable bonds is 2. The lowest BCUT2D eigenvalue weighted by atomic mass is 10.1. The summed E-state index contributed by atoms with van der Waals surface area (Å²) in [4.78, 5) is 13.6. The lowest BCUT2D eigenvalue weighted by Gasteiger charge is -2.36. The van der Waals surface area contributed by atoms with Crippen molar-refractivity contribution >= 4 is 17.3 Å². The minimum Gasteiger partial charge on any atom is -0.397 e. The molecule has 5 nitrogen and oxygen atoms in total. The van der Waals surface area contributed by atoms with Crippen molar-refractivity contribution in [1.82, 2.24) is 5.32 Å². The molecule has 1 heterocycles. The number of likely N-dealkylation sites (N-methyl/N-ethyl adjacent to an activating group) is 1. The van der Waals surface area contributed by atoms with Gasteiger partial charge in [-0.05, 0) is 18.2 Å². The van der Waals surface area contributed by atoms with Gasteiger partial charge < -0.3 is 20.7 Å². The van der Waals surface area contributed by atoms with Crippen LogP contribution in [0.1, 0.15) is 0 Å². The summed E-state index contributed by atoms with van der Waals surface area (Å²) in [6.45, 7) is 1.27. The van der Waals surface area contributed by atoms with Gasteiger partial charge in [-0.1, -0.05) is 0 Å². The van der Waals surface area contributed by atoms with Crippen molar-refractivity contribution in [2.75, 3.05) is 37.4 Å². The number of carbonyl (C=O) groups is 1. The molecule has 0 spiro atoms. The minimum absolute atomic E-state index is 0.168. The summed E-state index contributed by atoms with van der Waals surface area (Å²) in [5, 5.41) is 2.57. The number of nitrogen functional groups attached to an aromatic ring is 1. The van der Waals surface area contributed by atoms with Crippen molar-refractivity contribution in [3.63, 3.8) is 0 Å². The Labute approximate surface area is 105 Å². The Bertz CT molecular complexity index is 453. The predicted octanol–water partition coefficient (Wildman–Crippen LogP) is 0.359. The van der Waals surface area contributed by atoms with Gasteiger partial charge in [0.25, 0.3) is 0 Å². The van der Waals surface area contributed by atoms with Crippen LogP contribution in [0.15, 0.2) is 18.2 Å². The van der Waals surface area contributed by atoms with Crippen LogP contribution in [-0.4, -0.2) is 38.8 Å². The van der Waals surface area contributed by atoms with Crippen molar-refractivity contribution in [2.24, 2.45) is 0 Å². The molecule has 1 unspecified atom stereocenters. The van der Waals surface area contributed by atoms with Gasteiger partial charge >= 0.3 is 0 Å². The molecule has 0 aliphatic carbocycles. The van der Waals surface area contributed by atoms with Crippen LogP contribution in [0.25, 0.3) is 0 Å². The first kappa shape index (κ1) is 12.6. The average molecular weight is 253 g/mol. The van der Waals surface area contributed by atoms with E-state index in [1.54, 1.807) is 11.9 Å². The smallest absolute Gasteiger partial charge is 0.244 e. The topological polar surface area (TPSA) is 67.6 Å². The molecule has 98 valence electrons. The fraction of sp³-hybridized carbons (Fsp3) is 0.417. The lowest BCUT2D eigenvalue weighted by molar-refractivity contribution is -0.124. The summed E-state index contributed by atoms with van der Waals surface area (Å²) < 4.78 is 18.6. The first-order valence-electron chi connectivity index (χ1n) is 5.74. The summed E-state index contributed by atoms with van der Waals surface area (Å²) in [6.07, 6.45) is 0. The molecule has 1 aliphatic heterocycles. The first-order chi connectivity index (χ1) is 8.63. The quantitative estimate of drug-likeness (QED) is 0.747. The zero-order valence-corrected chi connectivity index (χ0v) is 10.1. The average Bonchev–Trinajstić information content (AvgIpc) is 2.40. The third-order valence-corrected chi connectivity index (χ3v) is 2.98. The highest BCUT2D eigenvalue weighted by Crippen LogP contribution is 2.27. The SMILES string of the molecule is CNC(=O)C1COCCN1c1cc(F)ccc1N. The monoisotopic (exact) mass is 253 g/mol. The highest BCUT2D eigenvalue weighted by molar-refractivity contribution is 5.86. The summed E-state index contributed by atoms with van der Waals surface area (Å²) in [6, 6.07) is 3.67. The Hall–Kier alpha value is -1.82. The Balaban J connectivity index is 2.33. The number of nitrogens with two attached hydrogens (primary N) is 1. The van der Waals surface area contributed by atoms with Gasteiger partial charge in [0.1, 0.15) is 11.9 Å². The van der Waals surface area contributed by atoms with Crippen LogP contribution < -0.4 is 16.0 Å². The number of nitrogens with one attached hydrogen (secondary N) is 1. The number of hydrogen-bond acceptors (Lipinski definition) is 4. The van der Waals surface area contributed by atoms with Crippen molar-refractivity contribution in [3.05, 3.63) is 24.0 Å². The van der Waals surface area contributed by atoms with Gasteiger partial charge in [0.15, 0.2) is 0 Å². The maximum Gasteiger partial charge on any atom is 0.244 e. The second kappa shape index (κ2) is 5.22. The Morgan fingerprint density at radius 2 is 2.39 bits per heavy atom. The van der Waals surface area contributed by atoms with Gasteiger partial charge in [-0.3, -0.25) is 4.79 Å². The van der Waals surface area contributed by atoms with Crippen LogP contribution in [0, 0.1) is 5.82 Å². The molecular weight excluding hydrogens is 237 g/mol. The largest absolute Gasteiger partial charge is 0.397 e. The van der Waals surface area contributed by atoms with E-state index in [0.29, 0.717) is 24.5 Å². The summed E-state index contributed by atoms with van der Waals surface area (Å²) in [5.41, 5.74) is 6.83. The predicted molar refractivity (Wildman–Crippen MR) is 66.8 cm³/mol. The molecule has 1 aliphatic rings. The van der Waals surface area contributed by atoms with Crippen LogP contribution in [0.2, 0.25) is 0 Å². The van der Waals surface area contributed by atoms with Crippen molar-refractivity contribution in [1.29, 1.82) is 0 Å². The molecule has 1 fully saturated rings. The number of morpholine rings is 1. The van der Waals surface area contributed by atoms with Gasteiger partial charge in [-0.15, -0.1) is 0 Å². The number of halogens is 1. The number of carbonyl (C=O) groups excluding carboxylic acids is 1. The number of anilines is 2. The van der Waals surface area contributed by atoms with Crippen LogP contribution in [0.3, 0.4) is 0 Å². The maximum atomic E-state index is 13.3. The minimum atomic E-state index is -0.479. The highest BCUT2D eigenvalue weighted by Gasteiger charge is 2.30. The van der Waals surface area contributed by atoms with E-state index in [9.17, 15) is 9.18 Å². The molecule has 1 aromatic rings. The highest BCUT2D eigenvalue weighted by atomic mass is 19.1. The molecule has 1 saturated heterocycles. The number of nitrogens with zero attached hydrogens (tertiary/aromatic N) is 1. The molecule has 6 heteroatoms. The van der Waals surface area contributed by atoms with Crippen LogP contribution in [0.4, 0.5) is 15.8 Å². The zero-order valence-electron chi connectivity index (χ0n) is 10.1. The number of benzene rings is 1. The van der Waals surface area contributed by atoms with Gasteiger partial charge in [-0.2, -0.15) is 0 Å². The van der Waals surface area contributed by atoms with E-state index in [1.807, 2.05) is 0 Å². The van der Waals surface area contributed by atoms with Crippen molar-refractivity contribution in [3.8, 4) is 0 Å². The van der Waals surface area contributed by atoms with E-state index < -0.39 is 6.04 Å². The molecule has 2 rings (SSSR count). The Kier molecular flexibility index (Phi) is 3.66. The van der Waals surface area contributed by atoms with Crippen LogP contribution >= 0.6 is 0 Å². The standard InChI is InChI=1S/C12H16FN3O2/c1-15-12(17)11-7-18-5-4-16(11)10-6-8(13)2-3-9(10)14/h2-3,6,11H,4-5,7,14H2,1H3,(H,15,17). The fourth-order valence-electron chi connectivity index (χ4n) is 2.04. The molecule has 1 amide bonds. The number of ether oxygens (including phenoxy) is 1. The van der Waals surface area contributed by atoms with E-state index in [1.165, 1.54) is 18.2 Å². The second-order valence-electron chi connectivity index (χ2n) is 4.10. The van der Waals surface area contributed by atoms with E-state index in [0.717, 1.165) is 0 Å². The summed E-state index contributed by atoms with van der Waals surface area (Å²) in [5.74, 6) is -0.542. The molecule has 3 N–H and O–H groups in total. The molecule has 0 bridgehead atoms. The lowest BCUT2D eigenvalue weighted by Crippen LogP contribution is -2.53. The maximum absolute atomic E-state index is 13.3. The first-order valence-corrected chi connectivity index (χ1v) is 5.74. The molecule has 18 heavy (non-hydrogen) atoms. The van der Waals surface area contributed by atoms with E-state index >= 15 is 0 Å². The van der Waals surface area contributed by atoms with E-state index in [2.05, 4.69) is 5.32 Å². The van der Waals surface area contributed by atoms with Crippen LogP contribution in [-0.2, 0) is 9.53 Å². The van der Waals surface area contributed by atoms with E-state index in [4.69, 9.17) is 10.5 Å². The van der Waals surface area contributed by atoms with Gasteiger partial charge in [-0.25, -0.2) is 4.39 Å². The van der Waals surface area contributed by atoms with Crippen molar-refractivity contribution in [2.45, 2.75) is 6.04 Å². The number of amides is 1. The molecular formula is C12H16FN3O2. The van der Waals surface area contributed by atoms with Gasteiger partial charge in [0.05, 0.1) is 24.6 Å². The van der Waals surface area contributed by atoms with Gasteiger partial charge in [0, 0.05) is 13.6 Å². The fourth-order valence-corrected chi connectivity index (χ4v) is 2.04. The molecule has 0 radical (unpaired) electrons. The second-order valence-corrected chi connectivity index (χ2v) is 4.10. The normalized spacial score (nSPS) is 19.7. The summed E-state index contributed by atoms with van der Waals surface area (Å²) >= 11 is 0. The third-order valence-electron chi connectivity index (χ3n) is 2.98. The zero-order chi connectivity index (χ0) is 13.1. The van der Waals surface area contributed by atoms with E-state index in [-0.39, 0.29) is 18.3 Å². The molecule has 0 aromatic heterocycles. The van der Waals surface area contributed by atoms with Crippen molar-refractivity contribution < 1.29 is 13.9 Å². The molecule has 1 atom stereocenters.